The number of carbonyl (C=O) groups excluding carboxylic acids is 1. The molecular weight excluding hydrogens is 224 g/mol. The smallest absolute Gasteiger partial charge is 0.222 e. The Kier molecular flexibility index (Phi) is 6.44. The van der Waals surface area contributed by atoms with E-state index in [0.717, 1.165) is 19.3 Å². The van der Waals surface area contributed by atoms with Gasteiger partial charge in [-0.3, -0.25) is 4.79 Å². The van der Waals surface area contributed by atoms with Crippen LogP contribution in [0, 0.1) is 12.8 Å². The normalized spacial score (nSPS) is 12.2. The molecule has 0 aliphatic heterocycles. The van der Waals surface area contributed by atoms with Gasteiger partial charge in [0.15, 0.2) is 0 Å². The van der Waals surface area contributed by atoms with Gasteiger partial charge < -0.3 is 11.1 Å². The number of hydrogen-bond donors (Lipinski definition) is 2. The number of amides is 1. The number of aryl methyl sites for hydroxylation is 1. The molecule has 0 saturated carbocycles. The number of hydrogen-bond acceptors (Lipinski definition) is 2. The van der Waals surface area contributed by atoms with Crippen LogP contribution in [0.4, 0.5) is 0 Å². The zero-order chi connectivity index (χ0) is 13.4. The van der Waals surface area contributed by atoms with Gasteiger partial charge in [-0.05, 0) is 38.3 Å². The molecule has 0 aromatic heterocycles. The van der Waals surface area contributed by atoms with E-state index in [2.05, 4.69) is 36.5 Å². The van der Waals surface area contributed by atoms with Crippen molar-refractivity contribution in [2.45, 2.75) is 33.1 Å². The lowest BCUT2D eigenvalue weighted by Crippen LogP contribution is -2.31. The maximum absolute atomic E-state index is 11.8. The van der Waals surface area contributed by atoms with Crippen LogP contribution in [-0.2, 0) is 11.2 Å². The van der Waals surface area contributed by atoms with Gasteiger partial charge >= 0.3 is 0 Å². The van der Waals surface area contributed by atoms with Gasteiger partial charge in [0.2, 0.25) is 5.91 Å². The number of nitrogens with one attached hydrogen (secondary N) is 1. The van der Waals surface area contributed by atoms with Crippen LogP contribution in [0.3, 0.4) is 0 Å². The summed E-state index contributed by atoms with van der Waals surface area (Å²) in [7, 11) is 0. The molecule has 0 bridgehead atoms. The summed E-state index contributed by atoms with van der Waals surface area (Å²) >= 11 is 0. The van der Waals surface area contributed by atoms with Crippen LogP contribution in [0.15, 0.2) is 24.3 Å². The van der Waals surface area contributed by atoms with Crippen molar-refractivity contribution >= 4 is 5.91 Å². The van der Waals surface area contributed by atoms with Gasteiger partial charge in [0, 0.05) is 12.5 Å². The Morgan fingerprint density at radius 2 is 2.22 bits per heavy atom. The fourth-order valence-corrected chi connectivity index (χ4v) is 1.93. The second-order valence-electron chi connectivity index (χ2n) is 4.86. The molecule has 1 aromatic carbocycles. The Morgan fingerprint density at radius 3 is 2.89 bits per heavy atom. The molecule has 3 nitrogen and oxygen atoms in total. The van der Waals surface area contributed by atoms with Crippen LogP contribution in [0.2, 0.25) is 0 Å². The van der Waals surface area contributed by atoms with Gasteiger partial charge in [-0.15, -0.1) is 0 Å². The number of rotatable bonds is 7. The lowest BCUT2D eigenvalue weighted by atomic mass is 10.0. The molecule has 1 rings (SSSR count). The van der Waals surface area contributed by atoms with Gasteiger partial charge in [-0.25, -0.2) is 0 Å². The summed E-state index contributed by atoms with van der Waals surface area (Å²) in [4.78, 5) is 11.8. The first kappa shape index (κ1) is 14.7. The Labute approximate surface area is 110 Å². The van der Waals surface area contributed by atoms with Crippen molar-refractivity contribution < 1.29 is 4.79 Å². The summed E-state index contributed by atoms with van der Waals surface area (Å²) in [5, 5.41) is 2.98. The Hall–Kier alpha value is -1.35. The van der Waals surface area contributed by atoms with E-state index in [0.29, 0.717) is 13.1 Å². The minimum atomic E-state index is 0.0612. The molecule has 3 N–H and O–H groups in total. The first-order valence-electron chi connectivity index (χ1n) is 6.67. The van der Waals surface area contributed by atoms with Crippen molar-refractivity contribution in [3.05, 3.63) is 35.4 Å². The number of benzene rings is 1. The lowest BCUT2D eigenvalue weighted by Gasteiger charge is -2.11. The molecular formula is C15H24N2O. The highest BCUT2D eigenvalue weighted by Crippen LogP contribution is 2.06. The van der Waals surface area contributed by atoms with Crippen molar-refractivity contribution in [1.82, 2.24) is 5.32 Å². The lowest BCUT2D eigenvalue weighted by molar-refractivity contribution is -0.124. The van der Waals surface area contributed by atoms with Crippen molar-refractivity contribution in [1.29, 1.82) is 0 Å². The van der Waals surface area contributed by atoms with Crippen LogP contribution < -0.4 is 11.1 Å². The van der Waals surface area contributed by atoms with E-state index in [1.807, 2.05) is 6.92 Å². The van der Waals surface area contributed by atoms with Crippen molar-refractivity contribution in [3.63, 3.8) is 0 Å². The monoisotopic (exact) mass is 248 g/mol. The van der Waals surface area contributed by atoms with Crippen LogP contribution in [0.5, 0.6) is 0 Å². The molecule has 3 heteroatoms. The molecule has 0 spiro atoms. The molecule has 0 heterocycles. The topological polar surface area (TPSA) is 55.1 Å². The van der Waals surface area contributed by atoms with E-state index in [1.165, 1.54) is 11.1 Å². The zero-order valence-corrected chi connectivity index (χ0v) is 11.4. The largest absolute Gasteiger partial charge is 0.356 e. The van der Waals surface area contributed by atoms with Gasteiger partial charge in [0.05, 0.1) is 0 Å². The maximum atomic E-state index is 11.8. The van der Waals surface area contributed by atoms with E-state index >= 15 is 0 Å². The summed E-state index contributed by atoms with van der Waals surface area (Å²) < 4.78 is 0. The molecule has 0 aliphatic carbocycles. The molecule has 0 saturated heterocycles. The highest BCUT2D eigenvalue weighted by Gasteiger charge is 2.11. The Morgan fingerprint density at radius 1 is 1.44 bits per heavy atom. The second-order valence-corrected chi connectivity index (χ2v) is 4.86. The fraction of sp³-hybridized carbons (Fsp3) is 0.533. The molecule has 1 amide bonds. The summed E-state index contributed by atoms with van der Waals surface area (Å²) in [6.45, 7) is 5.39. The van der Waals surface area contributed by atoms with Crippen LogP contribution in [-0.4, -0.2) is 19.0 Å². The van der Waals surface area contributed by atoms with Gasteiger partial charge in [-0.1, -0.05) is 36.8 Å². The summed E-state index contributed by atoms with van der Waals surface area (Å²) in [6.07, 6.45) is 2.66. The molecule has 100 valence electrons. The van der Waals surface area contributed by atoms with Crippen molar-refractivity contribution in [2.75, 3.05) is 13.1 Å². The van der Waals surface area contributed by atoms with Crippen molar-refractivity contribution in [2.24, 2.45) is 11.7 Å². The van der Waals surface area contributed by atoms with Gasteiger partial charge in [-0.2, -0.15) is 0 Å². The average Bonchev–Trinajstić information content (AvgIpc) is 2.35. The second kappa shape index (κ2) is 7.88. The zero-order valence-electron chi connectivity index (χ0n) is 11.4. The average molecular weight is 248 g/mol. The third kappa shape index (κ3) is 5.32. The quantitative estimate of drug-likeness (QED) is 0.775. The van der Waals surface area contributed by atoms with Gasteiger partial charge in [0.1, 0.15) is 0 Å². The molecule has 0 radical (unpaired) electrons. The maximum Gasteiger partial charge on any atom is 0.222 e. The highest BCUT2D eigenvalue weighted by atomic mass is 16.1. The molecule has 18 heavy (non-hydrogen) atoms. The summed E-state index contributed by atoms with van der Waals surface area (Å²) in [6, 6.07) is 8.38. The molecule has 1 unspecified atom stereocenters. The summed E-state index contributed by atoms with van der Waals surface area (Å²) in [5.41, 5.74) is 7.96. The first-order valence-corrected chi connectivity index (χ1v) is 6.67. The molecule has 0 aliphatic rings. The molecule has 0 fully saturated rings. The number of nitrogens with two attached hydrogens (primary N) is 1. The third-order valence-electron chi connectivity index (χ3n) is 3.08. The highest BCUT2D eigenvalue weighted by molar-refractivity contribution is 5.78. The predicted octanol–water partition coefficient (Wildman–Crippen LogP) is 2.03. The van der Waals surface area contributed by atoms with Crippen LogP contribution in [0.1, 0.15) is 30.9 Å². The van der Waals surface area contributed by atoms with Gasteiger partial charge in [0.25, 0.3) is 0 Å². The van der Waals surface area contributed by atoms with E-state index in [-0.39, 0.29) is 11.8 Å². The van der Waals surface area contributed by atoms with E-state index in [9.17, 15) is 4.79 Å². The third-order valence-corrected chi connectivity index (χ3v) is 3.08. The summed E-state index contributed by atoms with van der Waals surface area (Å²) in [5.74, 6) is 0.196. The standard InChI is InChI=1S/C15H24N2O/c1-12-5-3-7-14(11-12)8-10-17-15(18)13(2)6-4-9-16/h3,5,7,11,13H,4,6,8-10,16H2,1-2H3,(H,17,18). The SMILES string of the molecule is Cc1cccc(CCNC(=O)C(C)CCCN)c1. The first-order chi connectivity index (χ1) is 8.63. The van der Waals surface area contributed by atoms with Crippen LogP contribution in [0.25, 0.3) is 0 Å². The van der Waals surface area contributed by atoms with E-state index in [4.69, 9.17) is 5.73 Å². The van der Waals surface area contributed by atoms with Crippen molar-refractivity contribution in [3.8, 4) is 0 Å². The fourth-order valence-electron chi connectivity index (χ4n) is 1.93. The van der Waals surface area contributed by atoms with E-state index in [1.54, 1.807) is 0 Å². The molecule has 1 aromatic rings. The predicted molar refractivity (Wildman–Crippen MR) is 75.3 cm³/mol. The molecule has 1 atom stereocenters. The Balaban J connectivity index is 2.27. The minimum Gasteiger partial charge on any atom is -0.356 e. The Bertz CT molecular complexity index is 377. The van der Waals surface area contributed by atoms with Crippen LogP contribution >= 0.6 is 0 Å². The number of carbonyl (C=O) groups is 1. The minimum absolute atomic E-state index is 0.0612. The van der Waals surface area contributed by atoms with E-state index < -0.39 is 0 Å².